The maximum Gasteiger partial charge on any atom is 0.341 e. The summed E-state index contributed by atoms with van der Waals surface area (Å²) < 4.78 is 6.01. The Labute approximate surface area is 210 Å². The fourth-order valence-electron chi connectivity index (χ4n) is 4.49. The molecule has 2 aromatic carbocycles. The number of hydrogen-bond acceptors (Lipinski definition) is 5. The number of halogens is 1. The van der Waals surface area contributed by atoms with Crippen molar-refractivity contribution in [3.05, 3.63) is 80.6 Å². The molecule has 0 spiro atoms. The van der Waals surface area contributed by atoms with Crippen LogP contribution < -0.4 is 5.32 Å². The number of esters is 1. The van der Waals surface area contributed by atoms with Gasteiger partial charge in [-0.2, -0.15) is 0 Å². The van der Waals surface area contributed by atoms with Crippen LogP contribution in [0.4, 0.5) is 5.00 Å². The Bertz CT molecular complexity index is 1430. The van der Waals surface area contributed by atoms with E-state index in [0.717, 1.165) is 50.6 Å². The Morgan fingerprint density at radius 1 is 1.15 bits per heavy atom. The minimum atomic E-state index is -0.406. The molecule has 172 valence electrons. The quantitative estimate of drug-likeness (QED) is 0.289. The second-order valence-electron chi connectivity index (χ2n) is 8.58. The van der Waals surface area contributed by atoms with Gasteiger partial charge in [-0.15, -0.1) is 11.3 Å². The van der Waals surface area contributed by atoms with E-state index in [2.05, 4.69) is 28.2 Å². The van der Waals surface area contributed by atoms with Crippen molar-refractivity contribution in [3.8, 4) is 11.3 Å². The van der Waals surface area contributed by atoms with Crippen LogP contribution in [-0.2, 0) is 17.6 Å². The second kappa shape index (κ2) is 9.31. The summed E-state index contributed by atoms with van der Waals surface area (Å²) in [5, 5.41) is 4.35. The van der Waals surface area contributed by atoms with Crippen molar-refractivity contribution in [2.24, 2.45) is 5.92 Å². The lowest BCUT2D eigenvalue weighted by Crippen LogP contribution is -2.16. The molecule has 0 aliphatic heterocycles. The third-order valence-electron chi connectivity index (χ3n) is 6.21. The molecule has 34 heavy (non-hydrogen) atoms. The monoisotopic (exact) mass is 534 g/mol. The number of fused-ring (bicyclic) bond motifs is 2. The molecule has 1 aliphatic rings. The summed E-state index contributed by atoms with van der Waals surface area (Å²) in [6.07, 6.45) is 2.75. The lowest BCUT2D eigenvalue weighted by atomic mass is 9.88. The van der Waals surface area contributed by atoms with Gasteiger partial charge in [-0.25, -0.2) is 9.78 Å². The van der Waals surface area contributed by atoms with Gasteiger partial charge in [0.2, 0.25) is 0 Å². The summed E-state index contributed by atoms with van der Waals surface area (Å²) in [5.41, 5.74) is 4.37. The van der Waals surface area contributed by atoms with E-state index < -0.39 is 5.97 Å². The molecule has 5 rings (SSSR count). The van der Waals surface area contributed by atoms with Gasteiger partial charge < -0.3 is 10.1 Å². The van der Waals surface area contributed by atoms with E-state index in [0.29, 0.717) is 27.7 Å². The number of aromatic nitrogens is 1. The minimum Gasteiger partial charge on any atom is -0.465 e. The molecule has 0 unspecified atom stereocenters. The summed E-state index contributed by atoms with van der Waals surface area (Å²) in [7, 11) is 1.38. The molecule has 4 aromatic rings. The van der Waals surface area contributed by atoms with Crippen molar-refractivity contribution in [2.45, 2.75) is 26.2 Å². The van der Waals surface area contributed by atoms with Crippen molar-refractivity contribution >= 4 is 55.0 Å². The summed E-state index contributed by atoms with van der Waals surface area (Å²) in [4.78, 5) is 32.2. The zero-order chi connectivity index (χ0) is 23.8. The number of methoxy groups -OCH3 is 1. The Morgan fingerprint density at radius 2 is 1.97 bits per heavy atom. The highest BCUT2D eigenvalue weighted by Crippen LogP contribution is 2.40. The molecule has 2 heterocycles. The highest BCUT2D eigenvalue weighted by molar-refractivity contribution is 9.10. The Kier molecular flexibility index (Phi) is 6.23. The van der Waals surface area contributed by atoms with Gasteiger partial charge in [0.1, 0.15) is 5.00 Å². The van der Waals surface area contributed by atoms with Crippen molar-refractivity contribution in [1.29, 1.82) is 0 Å². The summed E-state index contributed by atoms with van der Waals surface area (Å²) in [6, 6.07) is 17.2. The van der Waals surface area contributed by atoms with Gasteiger partial charge in [0.25, 0.3) is 5.91 Å². The SMILES string of the molecule is COC(=O)c1c(NC(=O)c2cc(-c3cccc(Br)c3)nc3ccccc23)sc2c1CC[C@@H](C)C2. The normalized spacial score (nSPS) is 15.1. The number of carbonyl (C=O) groups is 2. The van der Waals surface area contributed by atoms with Gasteiger partial charge in [-0.3, -0.25) is 4.79 Å². The van der Waals surface area contributed by atoms with Crippen LogP contribution in [0.3, 0.4) is 0 Å². The summed E-state index contributed by atoms with van der Waals surface area (Å²) in [6.45, 7) is 2.21. The van der Waals surface area contributed by atoms with Gasteiger partial charge in [-0.1, -0.05) is 53.2 Å². The third kappa shape index (κ3) is 4.26. The van der Waals surface area contributed by atoms with Crippen LogP contribution in [-0.4, -0.2) is 24.0 Å². The smallest absolute Gasteiger partial charge is 0.341 e. The van der Waals surface area contributed by atoms with Crippen molar-refractivity contribution < 1.29 is 14.3 Å². The van der Waals surface area contributed by atoms with Gasteiger partial charge >= 0.3 is 5.97 Å². The van der Waals surface area contributed by atoms with Crippen molar-refractivity contribution in [1.82, 2.24) is 4.98 Å². The number of carbonyl (C=O) groups excluding carboxylic acids is 2. The number of benzene rings is 2. The molecule has 0 fully saturated rings. The lowest BCUT2D eigenvalue weighted by molar-refractivity contribution is 0.0601. The lowest BCUT2D eigenvalue weighted by Gasteiger charge is -2.18. The first-order valence-electron chi connectivity index (χ1n) is 11.1. The number of thiophene rings is 1. The minimum absolute atomic E-state index is 0.272. The highest BCUT2D eigenvalue weighted by atomic mass is 79.9. The van der Waals surface area contributed by atoms with E-state index in [1.54, 1.807) is 0 Å². The van der Waals surface area contributed by atoms with Gasteiger partial charge in [0.05, 0.1) is 29.4 Å². The molecule has 5 nitrogen and oxygen atoms in total. The molecular weight excluding hydrogens is 512 g/mol. The molecule has 0 saturated heterocycles. The van der Waals surface area contributed by atoms with E-state index in [-0.39, 0.29) is 5.91 Å². The van der Waals surface area contributed by atoms with E-state index in [1.165, 1.54) is 18.4 Å². The maximum atomic E-state index is 13.6. The molecule has 1 amide bonds. The number of amides is 1. The van der Waals surface area contributed by atoms with E-state index in [1.807, 2.05) is 54.6 Å². The highest BCUT2D eigenvalue weighted by Gasteiger charge is 2.29. The van der Waals surface area contributed by atoms with Crippen LogP contribution in [0.2, 0.25) is 0 Å². The van der Waals surface area contributed by atoms with Crippen LogP contribution in [0.5, 0.6) is 0 Å². The number of ether oxygens (including phenoxy) is 1. The fraction of sp³-hybridized carbons (Fsp3) is 0.222. The number of nitrogens with one attached hydrogen (secondary N) is 1. The molecule has 7 heteroatoms. The second-order valence-corrected chi connectivity index (χ2v) is 10.6. The number of nitrogens with zero attached hydrogens (tertiary/aromatic N) is 1. The molecule has 0 bridgehead atoms. The molecule has 0 radical (unpaired) electrons. The van der Waals surface area contributed by atoms with Crippen LogP contribution >= 0.6 is 27.3 Å². The van der Waals surface area contributed by atoms with E-state index >= 15 is 0 Å². The first-order chi connectivity index (χ1) is 16.4. The topological polar surface area (TPSA) is 68.3 Å². The number of pyridine rings is 1. The van der Waals surface area contributed by atoms with Crippen LogP contribution in [0.15, 0.2) is 59.1 Å². The van der Waals surface area contributed by atoms with Gasteiger partial charge in [0, 0.05) is 20.3 Å². The Hall–Kier alpha value is -3.03. The van der Waals surface area contributed by atoms with E-state index in [9.17, 15) is 9.59 Å². The number of anilines is 1. The first kappa shape index (κ1) is 22.7. The number of rotatable bonds is 4. The number of para-hydroxylation sites is 1. The standard InChI is InChI=1S/C27H23BrN2O3S/c1-15-10-11-19-23(12-15)34-26(24(19)27(32)33-2)30-25(31)20-14-22(16-6-5-7-17(28)13-16)29-21-9-4-3-8-18(20)21/h3-9,13-15H,10-12H2,1-2H3,(H,30,31)/t15-/m1/s1. The molecule has 2 aromatic heterocycles. The van der Waals surface area contributed by atoms with Crippen LogP contribution in [0, 0.1) is 5.92 Å². The van der Waals surface area contributed by atoms with Gasteiger partial charge in [0.15, 0.2) is 0 Å². The molecule has 1 atom stereocenters. The van der Waals surface area contributed by atoms with Gasteiger partial charge in [-0.05, 0) is 55.0 Å². The predicted molar refractivity (Wildman–Crippen MR) is 140 cm³/mol. The Balaban J connectivity index is 1.59. The largest absolute Gasteiger partial charge is 0.465 e. The predicted octanol–water partition coefficient (Wildman–Crippen LogP) is 6.89. The molecule has 1 aliphatic carbocycles. The fourth-order valence-corrected chi connectivity index (χ4v) is 6.28. The molecular formula is C27H23BrN2O3S. The van der Waals surface area contributed by atoms with Crippen LogP contribution in [0.25, 0.3) is 22.2 Å². The zero-order valence-electron chi connectivity index (χ0n) is 18.9. The van der Waals surface area contributed by atoms with Crippen molar-refractivity contribution in [3.63, 3.8) is 0 Å². The zero-order valence-corrected chi connectivity index (χ0v) is 21.3. The summed E-state index contributed by atoms with van der Waals surface area (Å²) >= 11 is 5.00. The van der Waals surface area contributed by atoms with Crippen molar-refractivity contribution in [2.75, 3.05) is 12.4 Å². The summed E-state index contributed by atoms with van der Waals surface area (Å²) in [5.74, 6) is -0.125. The molecule has 1 N–H and O–H groups in total. The average molecular weight is 535 g/mol. The first-order valence-corrected chi connectivity index (χ1v) is 12.8. The Morgan fingerprint density at radius 3 is 2.76 bits per heavy atom. The number of hydrogen-bond donors (Lipinski definition) is 1. The maximum absolute atomic E-state index is 13.6. The van der Waals surface area contributed by atoms with E-state index in [4.69, 9.17) is 9.72 Å². The third-order valence-corrected chi connectivity index (χ3v) is 7.87. The average Bonchev–Trinajstić information content (AvgIpc) is 3.19. The van der Waals surface area contributed by atoms with Crippen LogP contribution in [0.1, 0.15) is 44.5 Å². The molecule has 0 saturated carbocycles.